The molecule has 0 aliphatic heterocycles. The zero-order valence-electron chi connectivity index (χ0n) is 12.7. The number of hydrogen-bond acceptors (Lipinski definition) is 2. The standard InChI is InChI=1S/C11H23NOS.Ca.2H/c1-6-14-11(13)12(7-9(2)3)8-10(4)5;;;/h9-10H,6-8H2,1-5H3;;;/q;+2;2*-1. The van der Waals surface area contributed by atoms with Gasteiger partial charge in [0.2, 0.25) is 0 Å². The summed E-state index contributed by atoms with van der Waals surface area (Å²) in [5.74, 6) is 1.97. The molecule has 1 amide bonds. The smallest absolute Gasteiger partial charge is 1.00 e. The molecule has 0 radical (unpaired) electrons. The first-order valence-electron chi connectivity index (χ1n) is 5.39. The Morgan fingerprint density at radius 1 is 1.20 bits per heavy atom. The third-order valence-corrected chi connectivity index (χ3v) is 2.49. The van der Waals surface area contributed by atoms with Crippen LogP contribution < -0.4 is 0 Å². The van der Waals surface area contributed by atoms with Crippen LogP contribution in [0.25, 0.3) is 0 Å². The van der Waals surface area contributed by atoms with Gasteiger partial charge in [-0.2, -0.15) is 0 Å². The largest absolute Gasteiger partial charge is 2.00 e. The second-order valence-electron chi connectivity index (χ2n) is 4.39. The number of thioether (sulfide) groups is 1. The molecule has 0 saturated heterocycles. The van der Waals surface area contributed by atoms with E-state index in [1.165, 1.54) is 11.8 Å². The Labute approximate surface area is 132 Å². The normalized spacial score (nSPS) is 10.3. The van der Waals surface area contributed by atoms with Crippen LogP contribution in [0.3, 0.4) is 0 Å². The maximum absolute atomic E-state index is 11.7. The number of hydrogen-bond donors (Lipinski definition) is 0. The van der Waals surface area contributed by atoms with Crippen molar-refractivity contribution in [2.24, 2.45) is 11.8 Å². The second-order valence-corrected chi connectivity index (χ2v) is 5.61. The summed E-state index contributed by atoms with van der Waals surface area (Å²) in [7, 11) is 0. The van der Waals surface area contributed by atoms with Crippen LogP contribution in [0.4, 0.5) is 4.79 Å². The molecule has 0 spiro atoms. The molecule has 0 bridgehead atoms. The van der Waals surface area contributed by atoms with Gasteiger partial charge in [0, 0.05) is 13.1 Å². The van der Waals surface area contributed by atoms with E-state index in [-0.39, 0.29) is 45.8 Å². The summed E-state index contributed by atoms with van der Waals surface area (Å²) in [5, 5.41) is 0.231. The predicted octanol–water partition coefficient (Wildman–Crippen LogP) is 3.32. The summed E-state index contributed by atoms with van der Waals surface area (Å²) in [6, 6.07) is 0. The van der Waals surface area contributed by atoms with E-state index in [1.54, 1.807) is 0 Å². The first kappa shape index (κ1) is 18.4. The Bertz CT molecular complexity index is 173. The Balaban J connectivity index is -0.000000282. The van der Waals surface area contributed by atoms with Crippen molar-refractivity contribution in [3.63, 3.8) is 0 Å². The van der Waals surface area contributed by atoms with Gasteiger partial charge in [-0.05, 0) is 17.6 Å². The minimum Gasteiger partial charge on any atom is -1.00 e. The Morgan fingerprint density at radius 2 is 1.60 bits per heavy atom. The molecule has 15 heavy (non-hydrogen) atoms. The van der Waals surface area contributed by atoms with E-state index in [2.05, 4.69) is 27.7 Å². The van der Waals surface area contributed by atoms with E-state index in [9.17, 15) is 4.79 Å². The number of carbonyl (C=O) groups is 1. The average Bonchev–Trinajstić information content (AvgIpc) is 2.01. The van der Waals surface area contributed by atoms with Crippen LogP contribution in [0.2, 0.25) is 0 Å². The van der Waals surface area contributed by atoms with Crippen LogP contribution >= 0.6 is 11.8 Å². The van der Waals surface area contributed by atoms with Gasteiger partial charge in [-0.25, -0.2) is 0 Å². The van der Waals surface area contributed by atoms with E-state index in [1.807, 2.05) is 11.8 Å². The van der Waals surface area contributed by atoms with Gasteiger partial charge in [0.15, 0.2) is 0 Å². The van der Waals surface area contributed by atoms with Crippen molar-refractivity contribution < 1.29 is 7.65 Å². The predicted molar refractivity (Wildman–Crippen MR) is 72.8 cm³/mol. The Kier molecular flexibility index (Phi) is 12.6. The molecule has 0 aliphatic carbocycles. The second kappa shape index (κ2) is 10.2. The zero-order chi connectivity index (χ0) is 11.1. The molecular weight excluding hydrogens is 234 g/mol. The minimum absolute atomic E-state index is 0. The van der Waals surface area contributed by atoms with E-state index >= 15 is 0 Å². The van der Waals surface area contributed by atoms with Crippen molar-refractivity contribution in [1.29, 1.82) is 0 Å². The van der Waals surface area contributed by atoms with Crippen molar-refractivity contribution >= 4 is 54.7 Å². The minimum atomic E-state index is 0. The molecular formula is C11H25CaNOS. The van der Waals surface area contributed by atoms with E-state index in [4.69, 9.17) is 0 Å². The first-order chi connectivity index (χ1) is 6.47. The maximum Gasteiger partial charge on any atom is 2.00 e. The van der Waals surface area contributed by atoms with Gasteiger partial charge in [0.25, 0.3) is 5.24 Å². The number of nitrogens with zero attached hydrogens (tertiary/aromatic N) is 1. The van der Waals surface area contributed by atoms with Gasteiger partial charge in [-0.1, -0.05) is 46.4 Å². The summed E-state index contributed by atoms with van der Waals surface area (Å²) in [5.41, 5.74) is 0. The average molecular weight is 259 g/mol. The fraction of sp³-hybridized carbons (Fsp3) is 0.909. The Morgan fingerprint density at radius 3 is 1.87 bits per heavy atom. The SMILES string of the molecule is CCSC(=O)N(CC(C)C)CC(C)C.[Ca+2].[H-].[H-]. The zero-order valence-corrected chi connectivity index (χ0v) is 13.8. The molecule has 0 atom stereocenters. The molecule has 0 aromatic rings. The van der Waals surface area contributed by atoms with Gasteiger partial charge in [0.05, 0.1) is 0 Å². The summed E-state index contributed by atoms with van der Waals surface area (Å²) >= 11 is 1.41. The van der Waals surface area contributed by atoms with Crippen LogP contribution in [0.15, 0.2) is 0 Å². The summed E-state index contributed by atoms with van der Waals surface area (Å²) < 4.78 is 0. The molecule has 0 unspecified atom stereocenters. The number of carbonyl (C=O) groups excluding carboxylic acids is 1. The van der Waals surface area contributed by atoms with Gasteiger partial charge in [-0.15, -0.1) is 0 Å². The van der Waals surface area contributed by atoms with Crippen molar-refractivity contribution in [2.75, 3.05) is 18.8 Å². The fourth-order valence-electron chi connectivity index (χ4n) is 1.32. The van der Waals surface area contributed by atoms with Crippen LogP contribution in [0, 0.1) is 11.8 Å². The van der Waals surface area contributed by atoms with E-state index in [0.29, 0.717) is 11.8 Å². The number of amides is 1. The molecule has 0 aromatic heterocycles. The van der Waals surface area contributed by atoms with Gasteiger partial charge in [-0.3, -0.25) is 4.79 Å². The van der Waals surface area contributed by atoms with Crippen LogP contribution in [0.1, 0.15) is 37.5 Å². The molecule has 2 nitrogen and oxygen atoms in total. The van der Waals surface area contributed by atoms with Crippen LogP contribution in [-0.4, -0.2) is 66.7 Å². The van der Waals surface area contributed by atoms with Crippen LogP contribution in [0.5, 0.6) is 0 Å². The molecule has 0 rings (SSSR count). The molecule has 0 aliphatic rings. The molecule has 0 aromatic carbocycles. The molecule has 4 heteroatoms. The van der Waals surface area contributed by atoms with Crippen LogP contribution in [-0.2, 0) is 0 Å². The summed E-state index contributed by atoms with van der Waals surface area (Å²) in [6.45, 7) is 12.4. The molecule has 0 fully saturated rings. The molecule has 0 heterocycles. The fourth-order valence-corrected chi connectivity index (χ4v) is 1.90. The topological polar surface area (TPSA) is 20.3 Å². The third-order valence-electron chi connectivity index (χ3n) is 1.70. The van der Waals surface area contributed by atoms with Crippen molar-refractivity contribution in [3.8, 4) is 0 Å². The quantitative estimate of drug-likeness (QED) is 0.706. The molecule has 88 valence electrons. The van der Waals surface area contributed by atoms with E-state index < -0.39 is 0 Å². The summed E-state index contributed by atoms with van der Waals surface area (Å²) in [4.78, 5) is 13.7. The monoisotopic (exact) mass is 259 g/mol. The molecule has 0 N–H and O–H groups in total. The number of rotatable bonds is 5. The van der Waals surface area contributed by atoms with E-state index in [0.717, 1.165) is 18.8 Å². The van der Waals surface area contributed by atoms with Crippen molar-refractivity contribution in [1.82, 2.24) is 4.90 Å². The Hall–Kier alpha value is 1.08. The van der Waals surface area contributed by atoms with Crippen molar-refractivity contribution in [2.45, 2.75) is 34.6 Å². The molecule has 0 saturated carbocycles. The van der Waals surface area contributed by atoms with Gasteiger partial charge >= 0.3 is 37.7 Å². The first-order valence-corrected chi connectivity index (χ1v) is 6.37. The summed E-state index contributed by atoms with van der Waals surface area (Å²) in [6.07, 6.45) is 0. The van der Waals surface area contributed by atoms with Crippen molar-refractivity contribution in [3.05, 3.63) is 0 Å². The van der Waals surface area contributed by atoms with Gasteiger partial charge in [0.1, 0.15) is 0 Å². The maximum atomic E-state index is 11.7. The van der Waals surface area contributed by atoms with Gasteiger partial charge < -0.3 is 7.75 Å². The third kappa shape index (κ3) is 9.98.